The van der Waals surface area contributed by atoms with Gasteiger partial charge < -0.3 is 14.5 Å². The van der Waals surface area contributed by atoms with Gasteiger partial charge in [0.1, 0.15) is 5.75 Å². The van der Waals surface area contributed by atoms with Gasteiger partial charge in [0.15, 0.2) is 0 Å². The minimum absolute atomic E-state index is 0.155. The Labute approximate surface area is 185 Å². The number of likely N-dealkylation sites (tertiary alicyclic amines) is 1. The first-order chi connectivity index (χ1) is 15.1. The van der Waals surface area contributed by atoms with Crippen LogP contribution in [0.4, 0.5) is 0 Å². The molecule has 164 valence electrons. The summed E-state index contributed by atoms with van der Waals surface area (Å²) in [5.74, 6) is 0.890. The number of carbonyl (C=O) groups excluding carboxylic acids is 2. The number of ether oxygens (including phenoxy) is 1. The van der Waals surface area contributed by atoms with Crippen LogP contribution < -0.4 is 4.74 Å². The average molecular weight is 421 g/mol. The molecule has 2 aromatic rings. The maximum absolute atomic E-state index is 13.8. The third-order valence-electron chi connectivity index (χ3n) is 6.68. The topological polar surface area (TPSA) is 49.9 Å². The molecule has 0 spiro atoms. The van der Waals surface area contributed by atoms with E-state index >= 15 is 0 Å². The molecule has 2 heterocycles. The fourth-order valence-electron chi connectivity index (χ4n) is 4.94. The first-order valence-corrected chi connectivity index (χ1v) is 11.4. The molecule has 0 N–H and O–H groups in total. The minimum Gasteiger partial charge on any atom is -0.497 e. The Bertz CT molecular complexity index is 925. The predicted molar refractivity (Wildman–Crippen MR) is 121 cm³/mol. The van der Waals surface area contributed by atoms with Crippen molar-refractivity contribution < 1.29 is 14.3 Å². The van der Waals surface area contributed by atoms with Crippen LogP contribution in [0.3, 0.4) is 0 Å². The minimum atomic E-state index is -0.219. The van der Waals surface area contributed by atoms with E-state index in [0.717, 1.165) is 37.1 Å². The zero-order valence-electron chi connectivity index (χ0n) is 18.5. The molecule has 31 heavy (non-hydrogen) atoms. The van der Waals surface area contributed by atoms with E-state index in [1.165, 1.54) is 11.1 Å². The predicted octanol–water partition coefficient (Wildman–Crippen LogP) is 4.36. The molecule has 2 aliphatic heterocycles. The Morgan fingerprint density at radius 3 is 2.52 bits per heavy atom. The number of nitrogens with zero attached hydrogens (tertiary/aromatic N) is 2. The fraction of sp³-hybridized carbons (Fsp3) is 0.462. The molecule has 0 bridgehead atoms. The number of unbranched alkanes of at least 4 members (excludes halogenated alkanes) is 1. The highest BCUT2D eigenvalue weighted by atomic mass is 16.5. The third-order valence-corrected chi connectivity index (χ3v) is 6.68. The highest BCUT2D eigenvalue weighted by Crippen LogP contribution is 2.39. The Kier molecular flexibility index (Phi) is 6.59. The van der Waals surface area contributed by atoms with Crippen molar-refractivity contribution in [2.45, 2.75) is 51.6 Å². The van der Waals surface area contributed by atoms with Crippen molar-refractivity contribution in [3.63, 3.8) is 0 Å². The van der Waals surface area contributed by atoms with Crippen LogP contribution in [0.15, 0.2) is 48.5 Å². The van der Waals surface area contributed by atoms with Crippen LogP contribution in [0, 0.1) is 5.92 Å². The van der Waals surface area contributed by atoms with E-state index in [0.29, 0.717) is 25.9 Å². The van der Waals surface area contributed by atoms with Gasteiger partial charge in [0, 0.05) is 26.1 Å². The van der Waals surface area contributed by atoms with Crippen LogP contribution in [-0.2, 0) is 22.6 Å². The van der Waals surface area contributed by atoms with Crippen LogP contribution >= 0.6 is 0 Å². The molecule has 1 saturated heterocycles. The number of amides is 2. The van der Waals surface area contributed by atoms with Gasteiger partial charge in [0.25, 0.3) is 0 Å². The van der Waals surface area contributed by atoms with Crippen molar-refractivity contribution in [3.05, 3.63) is 65.2 Å². The van der Waals surface area contributed by atoms with Gasteiger partial charge in [-0.25, -0.2) is 0 Å². The first kappa shape index (κ1) is 21.4. The lowest BCUT2D eigenvalue weighted by Gasteiger charge is -2.43. The molecule has 0 unspecified atom stereocenters. The molecule has 0 radical (unpaired) electrons. The SMILES string of the molecule is CCCCN1C(=O)CC[C@H](C(=O)N2CCc3ccccc3C2)[C@@H]1c1ccc(OC)cc1. The van der Waals surface area contributed by atoms with Crippen LogP contribution in [0.5, 0.6) is 5.75 Å². The van der Waals surface area contributed by atoms with E-state index in [4.69, 9.17) is 4.74 Å². The van der Waals surface area contributed by atoms with Gasteiger partial charge in [-0.2, -0.15) is 0 Å². The van der Waals surface area contributed by atoms with E-state index in [2.05, 4.69) is 25.1 Å². The Morgan fingerprint density at radius 2 is 1.81 bits per heavy atom. The summed E-state index contributed by atoms with van der Waals surface area (Å²) in [4.78, 5) is 30.6. The summed E-state index contributed by atoms with van der Waals surface area (Å²) < 4.78 is 5.32. The fourth-order valence-corrected chi connectivity index (χ4v) is 4.94. The lowest BCUT2D eigenvalue weighted by atomic mass is 9.82. The Hall–Kier alpha value is -2.82. The normalized spacial score (nSPS) is 21.0. The van der Waals surface area contributed by atoms with Crippen LogP contribution in [0.1, 0.15) is 55.3 Å². The van der Waals surface area contributed by atoms with Gasteiger partial charge >= 0.3 is 0 Å². The molecular formula is C26H32N2O3. The molecule has 2 atom stereocenters. The zero-order chi connectivity index (χ0) is 21.8. The molecule has 5 nitrogen and oxygen atoms in total. The Balaban J connectivity index is 1.63. The number of benzene rings is 2. The largest absolute Gasteiger partial charge is 0.497 e. The van der Waals surface area contributed by atoms with Crippen molar-refractivity contribution in [2.24, 2.45) is 5.92 Å². The first-order valence-electron chi connectivity index (χ1n) is 11.4. The number of fused-ring (bicyclic) bond motifs is 1. The molecule has 0 aromatic heterocycles. The van der Waals surface area contributed by atoms with Crippen molar-refractivity contribution in [3.8, 4) is 5.75 Å². The summed E-state index contributed by atoms with van der Waals surface area (Å²) in [5, 5.41) is 0. The lowest BCUT2D eigenvalue weighted by molar-refractivity contribution is -0.148. The third kappa shape index (κ3) is 4.46. The maximum Gasteiger partial charge on any atom is 0.228 e. The molecule has 0 aliphatic carbocycles. The summed E-state index contributed by atoms with van der Waals surface area (Å²) in [6.45, 7) is 4.22. The number of carbonyl (C=O) groups is 2. The van der Waals surface area contributed by atoms with E-state index < -0.39 is 0 Å². The van der Waals surface area contributed by atoms with Gasteiger partial charge in [-0.15, -0.1) is 0 Å². The lowest BCUT2D eigenvalue weighted by Crippen LogP contribution is -2.50. The van der Waals surface area contributed by atoms with E-state index in [9.17, 15) is 9.59 Å². The molecule has 2 amide bonds. The summed E-state index contributed by atoms with van der Waals surface area (Å²) in [7, 11) is 1.65. The Morgan fingerprint density at radius 1 is 1.06 bits per heavy atom. The zero-order valence-corrected chi connectivity index (χ0v) is 18.5. The van der Waals surface area contributed by atoms with Crippen LogP contribution in [0.25, 0.3) is 0 Å². The number of hydrogen-bond acceptors (Lipinski definition) is 3. The molecule has 1 fully saturated rings. The van der Waals surface area contributed by atoms with E-state index in [-0.39, 0.29) is 23.8 Å². The van der Waals surface area contributed by atoms with Gasteiger partial charge in [0.05, 0.1) is 19.1 Å². The molecule has 4 rings (SSSR count). The highest BCUT2D eigenvalue weighted by molar-refractivity contribution is 5.85. The van der Waals surface area contributed by atoms with Crippen LogP contribution in [0.2, 0.25) is 0 Å². The highest BCUT2D eigenvalue weighted by Gasteiger charge is 2.42. The van der Waals surface area contributed by atoms with Gasteiger partial charge in [0.2, 0.25) is 11.8 Å². The number of methoxy groups -OCH3 is 1. The van der Waals surface area contributed by atoms with Crippen molar-refractivity contribution in [2.75, 3.05) is 20.2 Å². The number of piperidine rings is 1. The van der Waals surface area contributed by atoms with Gasteiger partial charge in [-0.05, 0) is 48.1 Å². The van der Waals surface area contributed by atoms with Gasteiger partial charge in [-0.1, -0.05) is 49.7 Å². The summed E-state index contributed by atoms with van der Waals surface area (Å²) in [5.41, 5.74) is 3.58. The summed E-state index contributed by atoms with van der Waals surface area (Å²) >= 11 is 0. The summed E-state index contributed by atoms with van der Waals surface area (Å²) in [6, 6.07) is 16.0. The average Bonchev–Trinajstić information content (AvgIpc) is 2.82. The second-order valence-corrected chi connectivity index (χ2v) is 8.58. The second-order valence-electron chi connectivity index (χ2n) is 8.58. The maximum atomic E-state index is 13.8. The van der Waals surface area contributed by atoms with Crippen molar-refractivity contribution in [1.29, 1.82) is 0 Å². The smallest absolute Gasteiger partial charge is 0.228 e. The molecule has 0 saturated carbocycles. The molecule has 2 aliphatic rings. The molecular weight excluding hydrogens is 388 g/mol. The van der Waals surface area contributed by atoms with Gasteiger partial charge in [-0.3, -0.25) is 9.59 Å². The quantitative estimate of drug-likeness (QED) is 0.698. The number of hydrogen-bond donors (Lipinski definition) is 0. The molecule has 5 heteroatoms. The second kappa shape index (κ2) is 9.54. The van der Waals surface area contributed by atoms with Crippen molar-refractivity contribution in [1.82, 2.24) is 9.80 Å². The van der Waals surface area contributed by atoms with Crippen LogP contribution in [-0.4, -0.2) is 41.8 Å². The van der Waals surface area contributed by atoms with E-state index in [1.807, 2.05) is 40.1 Å². The van der Waals surface area contributed by atoms with Crippen molar-refractivity contribution >= 4 is 11.8 Å². The summed E-state index contributed by atoms with van der Waals surface area (Å²) in [6.07, 6.45) is 3.89. The molecule has 2 aromatic carbocycles. The van der Waals surface area contributed by atoms with E-state index in [1.54, 1.807) is 7.11 Å². The number of rotatable bonds is 6. The monoisotopic (exact) mass is 420 g/mol. The standard InChI is InChI=1S/C26H32N2O3/c1-3-4-16-28-24(29)14-13-23(25(28)20-9-11-22(31-2)12-10-20)26(30)27-17-15-19-7-5-6-8-21(19)18-27/h5-12,23,25H,3-4,13-18H2,1-2H3/t23-,25-/m0/s1.